The Bertz CT molecular complexity index is 1050. The van der Waals surface area contributed by atoms with Crippen molar-refractivity contribution in [2.75, 3.05) is 0 Å². The summed E-state index contributed by atoms with van der Waals surface area (Å²) in [6.07, 6.45) is 0. The zero-order valence-corrected chi connectivity index (χ0v) is 13.8. The third kappa shape index (κ3) is 2.45. The molecule has 0 aliphatic heterocycles. The first-order valence-corrected chi connectivity index (χ1v) is 8.24. The van der Waals surface area contributed by atoms with Crippen LogP contribution in [-0.4, -0.2) is 24.4 Å². The Morgan fingerprint density at radius 3 is 2.58 bits per heavy atom. The van der Waals surface area contributed by atoms with E-state index >= 15 is 0 Å². The monoisotopic (exact) mass is 355 g/mol. The van der Waals surface area contributed by atoms with Gasteiger partial charge in [0, 0.05) is 5.56 Å². The average Bonchev–Trinajstić information content (AvgIpc) is 3.23. The minimum atomic E-state index is -0.380. The first-order chi connectivity index (χ1) is 11.8. The molecule has 0 amide bonds. The van der Waals surface area contributed by atoms with Gasteiger partial charge in [-0.15, -0.1) is 5.10 Å². The standard InChI is InChI=1S/C16H10FN5S2/c17-11-8-4-5-9-12(11)22-15(19-20-16(22)23)14-13(18-21-24-14)10-6-2-1-3-7-10/h1-9H,(H,20,23). The summed E-state index contributed by atoms with van der Waals surface area (Å²) in [6.45, 7) is 0. The Labute approximate surface area is 145 Å². The molecule has 2 aromatic carbocycles. The van der Waals surface area contributed by atoms with Gasteiger partial charge in [0.25, 0.3) is 0 Å². The van der Waals surface area contributed by atoms with E-state index in [-0.39, 0.29) is 5.82 Å². The minimum Gasteiger partial charge on any atom is -0.264 e. The van der Waals surface area contributed by atoms with Crippen molar-refractivity contribution in [2.24, 2.45) is 0 Å². The van der Waals surface area contributed by atoms with Crippen LogP contribution in [0.1, 0.15) is 0 Å². The molecule has 0 aliphatic rings. The first-order valence-electron chi connectivity index (χ1n) is 7.06. The number of nitrogens with zero attached hydrogens (tertiary/aromatic N) is 4. The predicted octanol–water partition coefficient (Wildman–Crippen LogP) is 4.25. The van der Waals surface area contributed by atoms with Crippen molar-refractivity contribution in [2.45, 2.75) is 0 Å². The Hall–Kier alpha value is -2.71. The van der Waals surface area contributed by atoms with Crippen LogP contribution in [0.3, 0.4) is 0 Å². The van der Waals surface area contributed by atoms with Crippen LogP contribution >= 0.6 is 23.8 Å². The Morgan fingerprint density at radius 2 is 1.79 bits per heavy atom. The quantitative estimate of drug-likeness (QED) is 0.558. The van der Waals surface area contributed by atoms with E-state index in [1.165, 1.54) is 17.6 Å². The largest absolute Gasteiger partial charge is 0.264 e. The van der Waals surface area contributed by atoms with Crippen LogP contribution in [0.5, 0.6) is 0 Å². The fraction of sp³-hybridized carbons (Fsp3) is 0. The highest BCUT2D eigenvalue weighted by Gasteiger charge is 2.20. The van der Waals surface area contributed by atoms with E-state index in [1.807, 2.05) is 30.3 Å². The molecule has 0 saturated carbocycles. The maximum absolute atomic E-state index is 14.2. The number of nitrogens with one attached hydrogen (secondary N) is 1. The highest BCUT2D eigenvalue weighted by Crippen LogP contribution is 2.33. The lowest BCUT2D eigenvalue weighted by atomic mass is 10.1. The van der Waals surface area contributed by atoms with Crippen LogP contribution in [-0.2, 0) is 0 Å². The smallest absolute Gasteiger partial charge is 0.200 e. The molecule has 4 aromatic rings. The lowest BCUT2D eigenvalue weighted by Crippen LogP contribution is -2.00. The summed E-state index contributed by atoms with van der Waals surface area (Å²) in [5.74, 6) is 0.105. The van der Waals surface area contributed by atoms with Crippen molar-refractivity contribution in [3.05, 3.63) is 65.2 Å². The van der Waals surface area contributed by atoms with Crippen LogP contribution in [0.25, 0.3) is 27.6 Å². The summed E-state index contributed by atoms with van der Waals surface area (Å²) in [6, 6.07) is 16.1. The molecule has 0 unspecified atom stereocenters. The van der Waals surface area contributed by atoms with E-state index in [2.05, 4.69) is 19.8 Å². The topological polar surface area (TPSA) is 59.4 Å². The molecule has 0 fully saturated rings. The lowest BCUT2D eigenvalue weighted by molar-refractivity contribution is 0.618. The molecule has 4 rings (SSSR count). The predicted molar refractivity (Wildman–Crippen MR) is 93.0 cm³/mol. The third-order valence-electron chi connectivity index (χ3n) is 3.50. The van der Waals surface area contributed by atoms with Crippen LogP contribution in [0.4, 0.5) is 4.39 Å². The molecule has 1 N–H and O–H groups in total. The molecule has 0 saturated heterocycles. The van der Waals surface area contributed by atoms with E-state index in [0.29, 0.717) is 22.0 Å². The second-order valence-electron chi connectivity index (χ2n) is 4.96. The van der Waals surface area contributed by atoms with Gasteiger partial charge in [-0.1, -0.05) is 47.0 Å². The van der Waals surface area contributed by atoms with E-state index < -0.39 is 0 Å². The van der Waals surface area contributed by atoms with Gasteiger partial charge in [0.1, 0.15) is 16.4 Å². The van der Waals surface area contributed by atoms with Crippen LogP contribution in [0.15, 0.2) is 54.6 Å². The number of para-hydroxylation sites is 1. The Balaban J connectivity index is 1.94. The molecule has 0 aliphatic carbocycles. The van der Waals surface area contributed by atoms with Crippen molar-refractivity contribution >= 4 is 23.8 Å². The molecule has 118 valence electrons. The van der Waals surface area contributed by atoms with Gasteiger partial charge < -0.3 is 0 Å². The molecule has 2 aromatic heterocycles. The molecule has 0 spiro atoms. The normalized spacial score (nSPS) is 10.9. The van der Waals surface area contributed by atoms with Crippen molar-refractivity contribution in [3.8, 4) is 27.6 Å². The maximum atomic E-state index is 14.2. The summed E-state index contributed by atoms with van der Waals surface area (Å²) in [7, 11) is 0. The van der Waals surface area contributed by atoms with Crippen LogP contribution in [0, 0.1) is 10.6 Å². The van der Waals surface area contributed by atoms with Gasteiger partial charge in [-0.2, -0.15) is 5.10 Å². The minimum absolute atomic E-state index is 0.308. The second kappa shape index (κ2) is 6.06. The zero-order valence-electron chi connectivity index (χ0n) is 12.2. The van der Waals surface area contributed by atoms with Gasteiger partial charge in [0.05, 0.1) is 5.69 Å². The Kier molecular flexibility index (Phi) is 3.75. The zero-order chi connectivity index (χ0) is 16.5. The first kappa shape index (κ1) is 14.9. The van der Waals surface area contributed by atoms with Crippen molar-refractivity contribution in [1.82, 2.24) is 24.4 Å². The van der Waals surface area contributed by atoms with Gasteiger partial charge in [0.2, 0.25) is 0 Å². The van der Waals surface area contributed by atoms with Crippen LogP contribution in [0.2, 0.25) is 0 Å². The van der Waals surface area contributed by atoms with E-state index in [1.54, 1.807) is 22.8 Å². The van der Waals surface area contributed by atoms with Gasteiger partial charge in [0.15, 0.2) is 10.6 Å². The molecule has 24 heavy (non-hydrogen) atoms. The molecule has 0 bridgehead atoms. The molecule has 8 heteroatoms. The fourth-order valence-corrected chi connectivity index (χ4v) is 3.33. The van der Waals surface area contributed by atoms with Gasteiger partial charge in [-0.3, -0.25) is 9.67 Å². The number of rotatable bonds is 3. The molecule has 0 atom stereocenters. The number of aromatic nitrogens is 5. The summed E-state index contributed by atoms with van der Waals surface area (Å²) >= 11 is 6.48. The highest BCUT2D eigenvalue weighted by molar-refractivity contribution is 7.71. The van der Waals surface area contributed by atoms with Gasteiger partial charge >= 0.3 is 0 Å². The molecular formula is C16H10FN5S2. The van der Waals surface area contributed by atoms with Gasteiger partial charge in [-0.05, 0) is 35.9 Å². The fourth-order valence-electron chi connectivity index (χ4n) is 2.43. The average molecular weight is 355 g/mol. The summed E-state index contributed by atoms with van der Waals surface area (Å²) < 4.78 is 20.1. The van der Waals surface area contributed by atoms with E-state index in [4.69, 9.17) is 12.2 Å². The SMILES string of the molecule is Fc1ccccc1-n1c(-c2snnc2-c2ccccc2)n[nH]c1=S. The Morgan fingerprint density at radius 1 is 1.04 bits per heavy atom. The summed E-state index contributed by atoms with van der Waals surface area (Å²) in [5.41, 5.74) is 1.93. The van der Waals surface area contributed by atoms with E-state index in [0.717, 1.165) is 10.4 Å². The van der Waals surface area contributed by atoms with Crippen molar-refractivity contribution < 1.29 is 4.39 Å². The van der Waals surface area contributed by atoms with Gasteiger partial charge in [-0.25, -0.2) is 4.39 Å². The second-order valence-corrected chi connectivity index (χ2v) is 6.10. The molecular weight excluding hydrogens is 345 g/mol. The van der Waals surface area contributed by atoms with Crippen LogP contribution < -0.4 is 0 Å². The number of aromatic amines is 1. The summed E-state index contributed by atoms with van der Waals surface area (Å²) in [4.78, 5) is 0.719. The van der Waals surface area contributed by atoms with Crippen molar-refractivity contribution in [3.63, 3.8) is 0 Å². The molecule has 2 heterocycles. The number of benzene rings is 2. The molecule has 0 radical (unpaired) electrons. The number of halogens is 1. The number of hydrogen-bond acceptors (Lipinski definition) is 5. The maximum Gasteiger partial charge on any atom is 0.200 e. The highest BCUT2D eigenvalue weighted by atomic mass is 32.1. The number of H-pyrrole nitrogens is 1. The summed E-state index contributed by atoms with van der Waals surface area (Å²) in [5, 5.41) is 11.2. The van der Waals surface area contributed by atoms with E-state index in [9.17, 15) is 4.39 Å². The third-order valence-corrected chi connectivity index (χ3v) is 4.50. The van der Waals surface area contributed by atoms with Crippen molar-refractivity contribution in [1.29, 1.82) is 0 Å². The number of hydrogen-bond donors (Lipinski definition) is 1. The molecule has 5 nitrogen and oxygen atoms in total. The lowest BCUT2D eigenvalue weighted by Gasteiger charge is -2.07.